The molecule has 1 aromatic rings. The summed E-state index contributed by atoms with van der Waals surface area (Å²) in [7, 11) is 0. The van der Waals surface area contributed by atoms with Crippen molar-refractivity contribution >= 4 is 5.91 Å². The van der Waals surface area contributed by atoms with Gasteiger partial charge in [-0.3, -0.25) is 4.79 Å². The van der Waals surface area contributed by atoms with Crippen molar-refractivity contribution in [1.82, 2.24) is 10.2 Å². The van der Waals surface area contributed by atoms with Gasteiger partial charge in [-0.05, 0) is 18.2 Å². The fourth-order valence-electron chi connectivity index (χ4n) is 2.52. The molecule has 0 aromatic heterocycles. The summed E-state index contributed by atoms with van der Waals surface area (Å²) in [6.45, 7) is 1.99. The maximum absolute atomic E-state index is 12.7. The molecule has 1 aromatic carbocycles. The van der Waals surface area contributed by atoms with Crippen molar-refractivity contribution in [2.45, 2.75) is 12.2 Å². The van der Waals surface area contributed by atoms with Crippen molar-refractivity contribution in [3.05, 3.63) is 29.3 Å². The predicted octanol–water partition coefficient (Wildman–Crippen LogP) is 1.51. The Hall–Kier alpha value is -1.76. The zero-order valence-electron chi connectivity index (χ0n) is 10.5. The number of alkyl halides is 3. The van der Waals surface area contributed by atoms with Crippen molar-refractivity contribution < 1.29 is 22.7 Å². The van der Waals surface area contributed by atoms with Gasteiger partial charge in [-0.25, -0.2) is 0 Å². The number of hydrogen-bond donors (Lipinski definition) is 1. The van der Waals surface area contributed by atoms with Crippen LogP contribution in [0.4, 0.5) is 13.2 Å². The fourth-order valence-corrected chi connectivity index (χ4v) is 2.52. The van der Waals surface area contributed by atoms with E-state index < -0.39 is 17.6 Å². The minimum atomic E-state index is -4.47. The molecule has 0 bridgehead atoms. The average molecular weight is 286 g/mol. The number of nitrogens with zero attached hydrogens (tertiary/aromatic N) is 1. The van der Waals surface area contributed by atoms with Gasteiger partial charge < -0.3 is 15.0 Å². The molecule has 0 spiro atoms. The van der Waals surface area contributed by atoms with Crippen LogP contribution in [0.25, 0.3) is 0 Å². The highest BCUT2D eigenvalue weighted by Gasteiger charge is 2.36. The number of halogens is 3. The van der Waals surface area contributed by atoms with Gasteiger partial charge in [0.1, 0.15) is 12.4 Å². The molecule has 0 radical (unpaired) electrons. The van der Waals surface area contributed by atoms with E-state index >= 15 is 0 Å². The number of hydrogen-bond acceptors (Lipinski definition) is 3. The van der Waals surface area contributed by atoms with Crippen LogP contribution >= 0.6 is 0 Å². The van der Waals surface area contributed by atoms with E-state index in [4.69, 9.17) is 4.74 Å². The zero-order valence-corrected chi connectivity index (χ0v) is 10.5. The van der Waals surface area contributed by atoms with E-state index in [1.54, 1.807) is 4.90 Å². The normalized spacial score (nSPS) is 22.6. The number of nitrogens with one attached hydrogen (secondary N) is 1. The van der Waals surface area contributed by atoms with Crippen LogP contribution in [0.3, 0.4) is 0 Å². The second-order valence-electron chi connectivity index (χ2n) is 4.88. The van der Waals surface area contributed by atoms with Crippen LogP contribution in [-0.2, 0) is 6.18 Å². The maximum atomic E-state index is 12.7. The number of amides is 1. The minimum Gasteiger partial charge on any atom is -0.491 e. The summed E-state index contributed by atoms with van der Waals surface area (Å²) in [4.78, 5) is 14.0. The lowest BCUT2D eigenvalue weighted by Gasteiger charge is -2.33. The van der Waals surface area contributed by atoms with Crippen LogP contribution in [0.2, 0.25) is 0 Å². The van der Waals surface area contributed by atoms with Crippen LogP contribution in [0.1, 0.15) is 15.9 Å². The third-order valence-electron chi connectivity index (χ3n) is 3.58. The highest BCUT2D eigenvalue weighted by molar-refractivity contribution is 5.97. The first-order chi connectivity index (χ1) is 9.47. The first kappa shape index (κ1) is 13.2. The van der Waals surface area contributed by atoms with Crippen LogP contribution in [-0.4, -0.2) is 43.1 Å². The fraction of sp³-hybridized carbons (Fsp3) is 0.462. The Balaban J connectivity index is 2.01. The van der Waals surface area contributed by atoms with Crippen LogP contribution < -0.4 is 10.1 Å². The summed E-state index contributed by atoms with van der Waals surface area (Å²) >= 11 is 0. The Bertz CT molecular complexity index is 545. The van der Waals surface area contributed by atoms with E-state index in [9.17, 15) is 18.0 Å². The number of carbonyl (C=O) groups excluding carboxylic acids is 1. The number of carbonyl (C=O) groups is 1. The highest BCUT2D eigenvalue weighted by Crippen LogP contribution is 2.34. The Morgan fingerprint density at radius 1 is 1.35 bits per heavy atom. The molecule has 2 aliphatic heterocycles. The summed E-state index contributed by atoms with van der Waals surface area (Å²) in [5.41, 5.74) is -0.842. The van der Waals surface area contributed by atoms with E-state index in [1.807, 2.05) is 0 Å². The molecule has 108 valence electrons. The van der Waals surface area contributed by atoms with Gasteiger partial charge in [-0.15, -0.1) is 0 Å². The minimum absolute atomic E-state index is 0.00998. The molecule has 1 unspecified atom stereocenters. The van der Waals surface area contributed by atoms with Crippen LogP contribution in [0.15, 0.2) is 18.2 Å². The summed E-state index contributed by atoms with van der Waals surface area (Å²) < 4.78 is 43.7. The van der Waals surface area contributed by atoms with Crippen molar-refractivity contribution in [2.75, 3.05) is 26.2 Å². The highest BCUT2D eigenvalue weighted by atomic mass is 19.4. The molecule has 4 nitrogen and oxygen atoms in total. The molecular weight excluding hydrogens is 273 g/mol. The van der Waals surface area contributed by atoms with E-state index in [-0.39, 0.29) is 24.0 Å². The summed E-state index contributed by atoms with van der Waals surface area (Å²) in [6.07, 6.45) is -4.47. The standard InChI is InChI=1S/C13H13F3N2O2/c14-13(15,16)8-1-2-11-10(5-8)12(19)18-4-3-17-6-9(18)7-20-11/h1-2,5,9,17H,3-4,6-7H2. The van der Waals surface area contributed by atoms with Crippen LogP contribution in [0.5, 0.6) is 5.75 Å². The number of rotatable bonds is 0. The number of fused-ring (bicyclic) bond motifs is 2. The van der Waals surface area contributed by atoms with E-state index in [1.165, 1.54) is 6.07 Å². The lowest BCUT2D eigenvalue weighted by molar-refractivity contribution is -0.137. The lowest BCUT2D eigenvalue weighted by Crippen LogP contribution is -2.54. The molecule has 0 saturated carbocycles. The largest absolute Gasteiger partial charge is 0.491 e. The SMILES string of the molecule is O=C1c2cc(C(F)(F)F)ccc2OCC2CNCCN12. The molecular formula is C13H13F3N2O2. The smallest absolute Gasteiger partial charge is 0.416 e. The average Bonchev–Trinajstić information content (AvgIpc) is 2.56. The van der Waals surface area contributed by atoms with Gasteiger partial charge in [-0.1, -0.05) is 0 Å². The van der Waals surface area contributed by atoms with Crippen molar-refractivity contribution in [1.29, 1.82) is 0 Å². The summed E-state index contributed by atoms with van der Waals surface area (Å²) in [5.74, 6) is -0.174. The van der Waals surface area contributed by atoms with Gasteiger partial charge in [0.25, 0.3) is 5.91 Å². The molecule has 1 fully saturated rings. The van der Waals surface area contributed by atoms with Crippen molar-refractivity contribution in [2.24, 2.45) is 0 Å². The van der Waals surface area contributed by atoms with E-state index in [0.29, 0.717) is 19.6 Å². The molecule has 1 atom stereocenters. The molecule has 20 heavy (non-hydrogen) atoms. The molecule has 1 N–H and O–H groups in total. The van der Waals surface area contributed by atoms with Crippen LogP contribution in [0, 0.1) is 0 Å². The number of ether oxygens (including phenoxy) is 1. The lowest BCUT2D eigenvalue weighted by atomic mass is 10.1. The number of benzene rings is 1. The third kappa shape index (κ3) is 2.22. The molecule has 1 amide bonds. The number of piperazine rings is 1. The Morgan fingerprint density at radius 3 is 2.90 bits per heavy atom. The van der Waals surface area contributed by atoms with Gasteiger partial charge in [-0.2, -0.15) is 13.2 Å². The van der Waals surface area contributed by atoms with Gasteiger partial charge in [0.2, 0.25) is 0 Å². The summed E-state index contributed by atoms with van der Waals surface area (Å²) in [5, 5.41) is 3.14. The quantitative estimate of drug-likeness (QED) is 0.786. The second-order valence-corrected chi connectivity index (χ2v) is 4.88. The van der Waals surface area contributed by atoms with Gasteiger partial charge >= 0.3 is 6.18 Å². The van der Waals surface area contributed by atoms with E-state index in [0.717, 1.165) is 12.1 Å². The molecule has 0 aliphatic carbocycles. The molecule has 2 heterocycles. The first-order valence-corrected chi connectivity index (χ1v) is 6.32. The van der Waals surface area contributed by atoms with Crippen molar-refractivity contribution in [3.63, 3.8) is 0 Å². The Morgan fingerprint density at radius 2 is 2.15 bits per heavy atom. The predicted molar refractivity (Wildman–Crippen MR) is 64.6 cm³/mol. The first-order valence-electron chi connectivity index (χ1n) is 6.32. The van der Waals surface area contributed by atoms with Gasteiger partial charge in [0.05, 0.1) is 17.2 Å². The molecule has 2 aliphatic rings. The summed E-state index contributed by atoms with van der Waals surface area (Å²) in [6, 6.07) is 2.90. The third-order valence-corrected chi connectivity index (χ3v) is 3.58. The van der Waals surface area contributed by atoms with Gasteiger partial charge in [0.15, 0.2) is 0 Å². The Kier molecular flexibility index (Phi) is 3.08. The van der Waals surface area contributed by atoms with Gasteiger partial charge in [0, 0.05) is 19.6 Å². The molecule has 1 saturated heterocycles. The molecule has 3 rings (SSSR count). The van der Waals surface area contributed by atoms with Crippen molar-refractivity contribution in [3.8, 4) is 5.75 Å². The monoisotopic (exact) mass is 286 g/mol. The zero-order chi connectivity index (χ0) is 14.3. The Labute approximate surface area is 113 Å². The van der Waals surface area contributed by atoms with E-state index in [2.05, 4.69) is 5.32 Å². The second kappa shape index (κ2) is 4.66. The topological polar surface area (TPSA) is 41.6 Å². The maximum Gasteiger partial charge on any atom is 0.416 e. The molecule has 7 heteroatoms.